The first-order valence-electron chi connectivity index (χ1n) is 12.7. The first-order valence-corrected chi connectivity index (χ1v) is 12.7. The minimum Gasteiger partial charge on any atom is -0.458 e. The van der Waals surface area contributed by atoms with Crippen LogP contribution in [0.25, 0.3) is 22.3 Å². The standard InChI is InChI=1S/C28H28FN3O6/c1-5-28(37)16-8-20-23-14(10-32(20)24(33)15(16)11-38-26(28)35)22-18(31-25(34)27(3,4)36)7-6-13-12(2)17(29)9-19(30-23)21(13)22/h8-9,18,36-37H,5-7,10-11H2,1-4H3,(H,31,34)/t18-,28-/m0/s1. The fourth-order valence-corrected chi connectivity index (χ4v) is 6.03. The van der Waals surface area contributed by atoms with Crippen LogP contribution in [0.5, 0.6) is 0 Å². The van der Waals surface area contributed by atoms with Crippen molar-refractivity contribution in [3.8, 4) is 11.4 Å². The summed E-state index contributed by atoms with van der Waals surface area (Å²) in [5, 5.41) is 25.1. The second-order valence-electron chi connectivity index (χ2n) is 10.9. The highest BCUT2D eigenvalue weighted by molar-refractivity contribution is 5.94. The molecule has 9 nitrogen and oxygen atoms in total. The first-order chi connectivity index (χ1) is 17.9. The van der Waals surface area contributed by atoms with Gasteiger partial charge >= 0.3 is 5.97 Å². The van der Waals surface area contributed by atoms with Crippen LogP contribution in [0.3, 0.4) is 0 Å². The highest BCUT2D eigenvalue weighted by atomic mass is 19.1. The summed E-state index contributed by atoms with van der Waals surface area (Å²) >= 11 is 0. The third-order valence-corrected chi connectivity index (χ3v) is 8.24. The Hall–Kier alpha value is -3.63. The lowest BCUT2D eigenvalue weighted by Gasteiger charge is -2.31. The number of benzene rings is 1. The summed E-state index contributed by atoms with van der Waals surface area (Å²) in [7, 11) is 0. The van der Waals surface area contributed by atoms with E-state index in [1.165, 1.54) is 24.5 Å². The Morgan fingerprint density at radius 2 is 2.03 bits per heavy atom. The molecule has 3 aliphatic rings. The minimum absolute atomic E-state index is 0.0177. The Morgan fingerprint density at radius 1 is 1.29 bits per heavy atom. The van der Waals surface area contributed by atoms with Gasteiger partial charge in [0, 0.05) is 22.6 Å². The minimum atomic E-state index is -1.96. The fraction of sp³-hybridized carbons (Fsp3) is 0.429. The number of hydrogen-bond acceptors (Lipinski definition) is 7. The molecule has 3 aromatic rings. The monoisotopic (exact) mass is 521 g/mol. The van der Waals surface area contributed by atoms with Gasteiger partial charge in [0.25, 0.3) is 11.5 Å². The summed E-state index contributed by atoms with van der Waals surface area (Å²) < 4.78 is 21.6. The molecular weight excluding hydrogens is 493 g/mol. The molecule has 0 bridgehead atoms. The molecule has 1 amide bonds. The molecular formula is C28H28FN3O6. The van der Waals surface area contributed by atoms with E-state index in [0.29, 0.717) is 40.9 Å². The van der Waals surface area contributed by atoms with E-state index in [9.17, 15) is 29.0 Å². The van der Waals surface area contributed by atoms with E-state index >= 15 is 0 Å². The van der Waals surface area contributed by atoms with Gasteiger partial charge in [0.2, 0.25) is 0 Å². The molecule has 2 aromatic heterocycles. The quantitative estimate of drug-likeness (QED) is 0.353. The second-order valence-corrected chi connectivity index (χ2v) is 10.9. The van der Waals surface area contributed by atoms with Crippen LogP contribution in [-0.4, -0.2) is 37.2 Å². The third-order valence-electron chi connectivity index (χ3n) is 8.24. The number of carbonyl (C=O) groups excluding carboxylic acids is 2. The molecule has 1 aromatic carbocycles. The summed E-state index contributed by atoms with van der Waals surface area (Å²) in [5.74, 6) is -1.75. The van der Waals surface area contributed by atoms with Gasteiger partial charge in [-0.25, -0.2) is 14.2 Å². The van der Waals surface area contributed by atoms with Crippen molar-refractivity contribution < 1.29 is 28.9 Å². The molecule has 0 unspecified atom stereocenters. The number of rotatable bonds is 3. The van der Waals surface area contributed by atoms with Crippen LogP contribution in [-0.2, 0) is 39.5 Å². The predicted molar refractivity (Wildman–Crippen MR) is 135 cm³/mol. The molecule has 3 N–H and O–H groups in total. The van der Waals surface area contributed by atoms with Gasteiger partial charge in [-0.3, -0.25) is 9.59 Å². The SMILES string of the molecule is CC[C@@]1(O)C(=O)OCc2c1cc1n(c2=O)Cc2c-1nc1cc(F)c(C)c3c1c2[C@@H](NC(=O)C(C)(C)O)CC3. The predicted octanol–water partition coefficient (Wildman–Crippen LogP) is 2.40. The van der Waals surface area contributed by atoms with E-state index in [1.807, 2.05) is 0 Å². The highest BCUT2D eigenvalue weighted by Gasteiger charge is 2.46. The largest absolute Gasteiger partial charge is 0.458 e. The van der Waals surface area contributed by atoms with Gasteiger partial charge in [-0.15, -0.1) is 0 Å². The maximum atomic E-state index is 15.0. The van der Waals surface area contributed by atoms with Gasteiger partial charge in [0.1, 0.15) is 18.0 Å². The number of carbonyl (C=O) groups is 2. The Kier molecular flexibility index (Phi) is 5.16. The molecule has 1 aliphatic carbocycles. The van der Waals surface area contributed by atoms with Crippen LogP contribution in [0.15, 0.2) is 16.9 Å². The van der Waals surface area contributed by atoms with Gasteiger partial charge in [-0.2, -0.15) is 0 Å². The van der Waals surface area contributed by atoms with E-state index in [-0.39, 0.29) is 30.7 Å². The Bertz CT molecular complexity index is 1650. The summed E-state index contributed by atoms with van der Waals surface area (Å²) in [6.07, 6.45) is 1.00. The van der Waals surface area contributed by atoms with E-state index in [2.05, 4.69) is 5.32 Å². The van der Waals surface area contributed by atoms with Crippen molar-refractivity contribution in [3.63, 3.8) is 0 Å². The Balaban J connectivity index is 1.64. The maximum absolute atomic E-state index is 15.0. The van der Waals surface area contributed by atoms with Gasteiger partial charge in [0.05, 0.1) is 35.1 Å². The number of aryl methyl sites for hydroxylation is 1. The number of halogens is 1. The number of esters is 1. The fourth-order valence-electron chi connectivity index (χ4n) is 6.03. The highest BCUT2D eigenvalue weighted by Crippen LogP contribution is 2.46. The number of cyclic esters (lactones) is 1. The zero-order chi connectivity index (χ0) is 27.3. The number of aliphatic hydroxyl groups is 2. The van der Waals surface area contributed by atoms with Crippen molar-refractivity contribution in [1.82, 2.24) is 14.9 Å². The maximum Gasteiger partial charge on any atom is 0.343 e. The molecule has 0 saturated carbocycles. The summed E-state index contributed by atoms with van der Waals surface area (Å²) in [6, 6.07) is 2.47. The van der Waals surface area contributed by atoms with Gasteiger partial charge in [0.15, 0.2) is 5.60 Å². The number of fused-ring (bicyclic) bond motifs is 5. The number of ether oxygens (including phenoxy) is 1. The average Bonchev–Trinajstić information content (AvgIpc) is 3.23. The lowest BCUT2D eigenvalue weighted by atomic mass is 9.81. The number of aromatic nitrogens is 2. The van der Waals surface area contributed by atoms with Crippen LogP contribution in [0, 0.1) is 12.7 Å². The van der Waals surface area contributed by atoms with Crippen molar-refractivity contribution in [1.29, 1.82) is 0 Å². The van der Waals surface area contributed by atoms with Crippen LogP contribution >= 0.6 is 0 Å². The zero-order valence-electron chi connectivity index (χ0n) is 21.6. The van der Waals surface area contributed by atoms with Crippen LogP contribution < -0.4 is 10.9 Å². The molecule has 198 valence electrons. The lowest BCUT2D eigenvalue weighted by molar-refractivity contribution is -0.172. The number of pyridine rings is 2. The van der Waals surface area contributed by atoms with Gasteiger partial charge in [-0.05, 0) is 62.8 Å². The second kappa shape index (κ2) is 7.94. The molecule has 2 aliphatic heterocycles. The van der Waals surface area contributed by atoms with Gasteiger partial charge in [-0.1, -0.05) is 6.92 Å². The topological polar surface area (TPSA) is 131 Å². The number of nitrogens with zero attached hydrogens (tertiary/aromatic N) is 2. The van der Waals surface area contributed by atoms with Crippen LogP contribution in [0.1, 0.15) is 73.0 Å². The van der Waals surface area contributed by atoms with Gasteiger partial charge < -0.3 is 24.8 Å². The number of hydrogen-bond donors (Lipinski definition) is 3. The molecule has 10 heteroatoms. The normalized spacial score (nSPS) is 21.6. The molecule has 0 fully saturated rings. The van der Waals surface area contributed by atoms with Crippen LogP contribution in [0.4, 0.5) is 4.39 Å². The Morgan fingerprint density at radius 3 is 2.71 bits per heavy atom. The smallest absolute Gasteiger partial charge is 0.343 e. The number of nitrogens with one attached hydrogen (secondary N) is 1. The number of amides is 1. The van der Waals surface area contributed by atoms with Crippen molar-refractivity contribution in [3.05, 3.63) is 61.7 Å². The summed E-state index contributed by atoms with van der Waals surface area (Å²) in [4.78, 5) is 43.7. The molecule has 2 atom stereocenters. The third kappa shape index (κ3) is 3.23. The Labute approximate surface area is 217 Å². The van der Waals surface area contributed by atoms with E-state index < -0.39 is 40.5 Å². The molecule has 38 heavy (non-hydrogen) atoms. The van der Waals surface area contributed by atoms with Crippen molar-refractivity contribution in [2.45, 2.75) is 77.4 Å². The lowest BCUT2D eigenvalue weighted by Crippen LogP contribution is -2.44. The summed E-state index contributed by atoms with van der Waals surface area (Å²) in [6.45, 7) is 6.07. The molecule has 0 radical (unpaired) electrons. The van der Waals surface area contributed by atoms with Crippen molar-refractivity contribution in [2.75, 3.05) is 0 Å². The summed E-state index contributed by atoms with van der Waals surface area (Å²) in [5.41, 5.74) is 0.429. The van der Waals surface area contributed by atoms with Crippen molar-refractivity contribution in [2.24, 2.45) is 0 Å². The molecule has 0 saturated heterocycles. The van der Waals surface area contributed by atoms with E-state index in [0.717, 1.165) is 16.5 Å². The van der Waals surface area contributed by atoms with E-state index in [4.69, 9.17) is 9.72 Å². The van der Waals surface area contributed by atoms with Crippen molar-refractivity contribution >= 4 is 22.8 Å². The van der Waals surface area contributed by atoms with E-state index in [1.54, 1.807) is 19.9 Å². The molecule has 4 heterocycles. The van der Waals surface area contributed by atoms with Crippen LogP contribution in [0.2, 0.25) is 0 Å². The average molecular weight is 522 g/mol. The molecule has 6 rings (SSSR count). The first kappa shape index (κ1) is 24.7. The zero-order valence-corrected chi connectivity index (χ0v) is 21.6. The molecule has 0 spiro atoms.